The van der Waals surface area contributed by atoms with E-state index in [9.17, 15) is 4.79 Å². The number of nitrogens with one attached hydrogen (secondary N) is 1. The standard InChI is InChI=1S/C20H16Cl2N4OS/c1-11(2)12-3-5-13(6-4-12)18(27)23-19-24-20-26(25-19)17(10-28-20)15-8-7-14(21)9-16(15)22/h3-11H,1-2H3,(H,23,25,27). The van der Waals surface area contributed by atoms with Crippen LogP contribution >= 0.6 is 34.5 Å². The number of thiazole rings is 1. The van der Waals surface area contributed by atoms with E-state index in [0.29, 0.717) is 26.5 Å². The lowest BCUT2D eigenvalue weighted by Crippen LogP contribution is -2.13. The Morgan fingerprint density at radius 1 is 1.14 bits per heavy atom. The first kappa shape index (κ1) is 18.9. The van der Waals surface area contributed by atoms with Crippen LogP contribution in [0.1, 0.15) is 35.7 Å². The van der Waals surface area contributed by atoms with Crippen molar-refractivity contribution in [1.82, 2.24) is 14.6 Å². The first-order valence-corrected chi connectivity index (χ1v) is 10.3. The molecule has 0 bridgehead atoms. The van der Waals surface area contributed by atoms with Gasteiger partial charge in [0, 0.05) is 21.5 Å². The highest BCUT2D eigenvalue weighted by atomic mass is 35.5. The maximum atomic E-state index is 12.5. The van der Waals surface area contributed by atoms with Crippen molar-refractivity contribution in [3.8, 4) is 11.3 Å². The zero-order valence-corrected chi connectivity index (χ0v) is 17.4. The van der Waals surface area contributed by atoms with Crippen molar-refractivity contribution in [1.29, 1.82) is 0 Å². The van der Waals surface area contributed by atoms with Crippen molar-refractivity contribution >= 4 is 51.4 Å². The maximum Gasteiger partial charge on any atom is 0.258 e. The molecular weight excluding hydrogens is 415 g/mol. The van der Waals surface area contributed by atoms with Gasteiger partial charge in [0.15, 0.2) is 0 Å². The van der Waals surface area contributed by atoms with Crippen LogP contribution in [-0.4, -0.2) is 20.5 Å². The van der Waals surface area contributed by atoms with Gasteiger partial charge in [-0.25, -0.2) is 4.52 Å². The number of carbonyl (C=O) groups excluding carboxylic acids is 1. The molecule has 0 aliphatic rings. The Labute approximate surface area is 175 Å². The molecule has 0 atom stereocenters. The molecular formula is C20H16Cl2N4OS. The summed E-state index contributed by atoms with van der Waals surface area (Å²) in [6.45, 7) is 4.22. The van der Waals surface area contributed by atoms with Gasteiger partial charge in [-0.3, -0.25) is 10.1 Å². The van der Waals surface area contributed by atoms with E-state index in [1.165, 1.54) is 16.9 Å². The van der Waals surface area contributed by atoms with Crippen LogP contribution in [0.5, 0.6) is 0 Å². The molecule has 0 aliphatic heterocycles. The molecule has 1 amide bonds. The largest absolute Gasteiger partial charge is 0.289 e. The molecule has 4 aromatic rings. The Kier molecular flexibility index (Phi) is 5.10. The lowest BCUT2D eigenvalue weighted by atomic mass is 10.0. The minimum absolute atomic E-state index is 0.246. The van der Waals surface area contributed by atoms with E-state index in [2.05, 4.69) is 29.2 Å². The second kappa shape index (κ2) is 7.54. The van der Waals surface area contributed by atoms with Crippen molar-refractivity contribution < 1.29 is 4.79 Å². The van der Waals surface area contributed by atoms with Gasteiger partial charge in [-0.1, -0.05) is 49.2 Å². The van der Waals surface area contributed by atoms with E-state index in [-0.39, 0.29) is 11.9 Å². The Balaban J connectivity index is 1.60. The lowest BCUT2D eigenvalue weighted by molar-refractivity contribution is 0.102. The summed E-state index contributed by atoms with van der Waals surface area (Å²) >= 11 is 13.7. The van der Waals surface area contributed by atoms with Crippen LogP contribution in [0.25, 0.3) is 16.2 Å². The predicted molar refractivity (Wildman–Crippen MR) is 115 cm³/mol. The zero-order valence-electron chi connectivity index (χ0n) is 15.1. The minimum Gasteiger partial charge on any atom is -0.289 e. The van der Waals surface area contributed by atoms with Crippen LogP contribution in [0.3, 0.4) is 0 Å². The third-order valence-corrected chi connectivity index (χ3v) is 5.72. The number of hydrogen-bond donors (Lipinski definition) is 1. The van der Waals surface area contributed by atoms with Gasteiger partial charge in [-0.15, -0.1) is 16.4 Å². The van der Waals surface area contributed by atoms with Crippen molar-refractivity contribution in [3.05, 3.63) is 69.0 Å². The SMILES string of the molecule is CC(C)c1ccc(C(=O)Nc2nc3scc(-c4ccc(Cl)cc4Cl)n3n2)cc1. The Morgan fingerprint density at radius 2 is 1.89 bits per heavy atom. The molecule has 0 fully saturated rings. The first-order chi connectivity index (χ1) is 13.4. The average molecular weight is 431 g/mol. The number of carbonyl (C=O) groups is 1. The molecule has 5 nitrogen and oxygen atoms in total. The summed E-state index contributed by atoms with van der Waals surface area (Å²) in [7, 11) is 0. The normalized spacial score (nSPS) is 11.3. The first-order valence-electron chi connectivity index (χ1n) is 8.63. The summed E-state index contributed by atoms with van der Waals surface area (Å²) in [5, 5.41) is 10.2. The molecule has 2 aromatic carbocycles. The summed E-state index contributed by atoms with van der Waals surface area (Å²) in [5.74, 6) is 0.410. The fourth-order valence-corrected chi connectivity index (χ4v) is 4.14. The quantitative estimate of drug-likeness (QED) is 0.422. The van der Waals surface area contributed by atoms with Gasteiger partial charge in [0.1, 0.15) is 0 Å². The maximum absolute atomic E-state index is 12.5. The van der Waals surface area contributed by atoms with Gasteiger partial charge in [0.25, 0.3) is 11.9 Å². The summed E-state index contributed by atoms with van der Waals surface area (Å²) < 4.78 is 1.66. The van der Waals surface area contributed by atoms with Crippen molar-refractivity contribution in [2.24, 2.45) is 0 Å². The van der Waals surface area contributed by atoms with E-state index < -0.39 is 0 Å². The molecule has 0 unspecified atom stereocenters. The second-order valence-electron chi connectivity index (χ2n) is 6.61. The van der Waals surface area contributed by atoms with Crippen LogP contribution in [-0.2, 0) is 0 Å². The number of rotatable bonds is 4. The van der Waals surface area contributed by atoms with Gasteiger partial charge in [-0.05, 0) is 41.8 Å². The molecule has 28 heavy (non-hydrogen) atoms. The predicted octanol–water partition coefficient (Wildman–Crippen LogP) is 6.14. The molecule has 0 saturated heterocycles. The van der Waals surface area contributed by atoms with Crippen LogP contribution in [0.2, 0.25) is 10.0 Å². The number of nitrogens with zero attached hydrogens (tertiary/aromatic N) is 3. The van der Waals surface area contributed by atoms with Gasteiger partial charge >= 0.3 is 0 Å². The molecule has 8 heteroatoms. The van der Waals surface area contributed by atoms with Gasteiger partial charge in [0.2, 0.25) is 4.96 Å². The summed E-state index contributed by atoms with van der Waals surface area (Å²) in [6, 6.07) is 12.8. The van der Waals surface area contributed by atoms with E-state index in [4.69, 9.17) is 23.2 Å². The van der Waals surface area contributed by atoms with Crippen LogP contribution in [0.4, 0.5) is 5.95 Å². The van der Waals surface area contributed by atoms with Crippen LogP contribution < -0.4 is 5.32 Å². The number of amides is 1. The fraction of sp³-hybridized carbons (Fsp3) is 0.150. The Hall–Kier alpha value is -2.41. The molecule has 4 rings (SSSR count). The number of anilines is 1. The average Bonchev–Trinajstić information content (AvgIpc) is 3.22. The smallest absolute Gasteiger partial charge is 0.258 e. The van der Waals surface area contributed by atoms with Crippen molar-refractivity contribution in [2.45, 2.75) is 19.8 Å². The number of hydrogen-bond acceptors (Lipinski definition) is 4. The molecule has 2 aromatic heterocycles. The molecule has 0 aliphatic carbocycles. The van der Waals surface area contributed by atoms with Gasteiger partial charge in [0.05, 0.1) is 10.7 Å². The highest BCUT2D eigenvalue weighted by Gasteiger charge is 2.16. The van der Waals surface area contributed by atoms with Gasteiger partial charge in [-0.2, -0.15) is 4.98 Å². The minimum atomic E-state index is -0.250. The van der Waals surface area contributed by atoms with Crippen LogP contribution in [0, 0.1) is 0 Å². The molecule has 2 heterocycles. The summed E-state index contributed by atoms with van der Waals surface area (Å²) in [5.41, 5.74) is 3.32. The topological polar surface area (TPSA) is 59.3 Å². The van der Waals surface area contributed by atoms with E-state index in [1.807, 2.05) is 35.7 Å². The lowest BCUT2D eigenvalue weighted by Gasteiger charge is -2.06. The fourth-order valence-electron chi connectivity index (χ4n) is 2.81. The second-order valence-corrected chi connectivity index (χ2v) is 8.29. The Bertz CT molecular complexity index is 1160. The Morgan fingerprint density at radius 3 is 2.57 bits per heavy atom. The van der Waals surface area contributed by atoms with Crippen molar-refractivity contribution in [3.63, 3.8) is 0 Å². The summed E-state index contributed by atoms with van der Waals surface area (Å²) in [6.07, 6.45) is 0. The molecule has 1 N–H and O–H groups in total. The third kappa shape index (κ3) is 3.63. The number of fused-ring (bicyclic) bond motifs is 1. The number of benzene rings is 2. The van der Waals surface area contributed by atoms with Crippen molar-refractivity contribution in [2.75, 3.05) is 5.32 Å². The molecule has 142 valence electrons. The highest BCUT2D eigenvalue weighted by Crippen LogP contribution is 2.33. The molecule has 0 radical (unpaired) electrons. The number of aromatic nitrogens is 3. The van der Waals surface area contributed by atoms with Crippen LogP contribution in [0.15, 0.2) is 47.8 Å². The third-order valence-electron chi connectivity index (χ3n) is 4.35. The van der Waals surface area contributed by atoms with E-state index in [0.717, 1.165) is 11.3 Å². The highest BCUT2D eigenvalue weighted by molar-refractivity contribution is 7.15. The zero-order chi connectivity index (χ0) is 19.8. The summed E-state index contributed by atoms with van der Waals surface area (Å²) in [4.78, 5) is 17.6. The van der Waals surface area contributed by atoms with E-state index in [1.54, 1.807) is 16.6 Å². The molecule has 0 spiro atoms. The molecule has 0 saturated carbocycles. The van der Waals surface area contributed by atoms with E-state index >= 15 is 0 Å². The number of halogens is 2. The monoisotopic (exact) mass is 430 g/mol. The van der Waals surface area contributed by atoms with Gasteiger partial charge < -0.3 is 0 Å².